The highest BCUT2D eigenvalue weighted by Crippen LogP contribution is 2.20. The van der Waals surface area contributed by atoms with E-state index in [-0.39, 0.29) is 30.5 Å². The Morgan fingerprint density at radius 1 is 1.16 bits per heavy atom. The summed E-state index contributed by atoms with van der Waals surface area (Å²) in [5.74, 6) is -0.340. The first-order valence-electron chi connectivity index (χ1n) is 9.41. The van der Waals surface area contributed by atoms with Crippen molar-refractivity contribution in [1.29, 1.82) is 5.26 Å². The molecule has 2 rings (SSSR count). The normalized spacial score (nSPS) is 12.5. The minimum absolute atomic E-state index is 0.0113. The molecule has 0 saturated heterocycles. The molecule has 3 N–H and O–H groups in total. The number of carbonyl (C=O) groups excluding carboxylic acids is 1. The molecule has 2 aromatic rings. The van der Waals surface area contributed by atoms with Crippen LogP contribution in [0.3, 0.4) is 0 Å². The number of halogens is 3. The van der Waals surface area contributed by atoms with E-state index in [2.05, 4.69) is 16.7 Å². The minimum Gasteiger partial charge on any atom is -0.491 e. The molecular weight excluding hydrogens is 448 g/mol. The Morgan fingerprint density at radius 3 is 2.55 bits per heavy atom. The van der Waals surface area contributed by atoms with Gasteiger partial charge in [0.1, 0.15) is 30.0 Å². The van der Waals surface area contributed by atoms with E-state index >= 15 is 0 Å². The van der Waals surface area contributed by atoms with E-state index in [4.69, 9.17) is 32.7 Å². The second kappa shape index (κ2) is 13.0. The lowest BCUT2D eigenvalue weighted by Crippen LogP contribution is -2.39. The van der Waals surface area contributed by atoms with Gasteiger partial charge in [0.2, 0.25) is 0 Å². The Hall–Kier alpha value is -2.57. The minimum atomic E-state index is -0.819. The summed E-state index contributed by atoms with van der Waals surface area (Å²) in [6.45, 7) is 0.162. The van der Waals surface area contributed by atoms with Crippen LogP contribution in [0.4, 0.5) is 4.39 Å². The highest BCUT2D eigenvalue weighted by Gasteiger charge is 2.12. The number of aliphatic hydroxyl groups is 1. The molecule has 0 aromatic heterocycles. The lowest BCUT2D eigenvalue weighted by Gasteiger charge is -2.16. The highest BCUT2D eigenvalue weighted by atomic mass is 35.5. The monoisotopic (exact) mass is 469 g/mol. The maximum atomic E-state index is 13.3. The Bertz CT molecular complexity index is 893. The molecule has 1 unspecified atom stereocenters. The van der Waals surface area contributed by atoms with Crippen molar-refractivity contribution in [2.75, 3.05) is 26.3 Å². The largest absolute Gasteiger partial charge is 0.491 e. The molecule has 0 saturated carbocycles. The number of nitrogens with one attached hydrogen (secondary N) is 2. The molecule has 166 valence electrons. The van der Waals surface area contributed by atoms with Gasteiger partial charge in [0.05, 0.1) is 17.2 Å². The number of benzene rings is 2. The lowest BCUT2D eigenvalue weighted by atomic mass is 10.2. The third kappa shape index (κ3) is 9.40. The summed E-state index contributed by atoms with van der Waals surface area (Å²) in [5.41, 5.74) is 0. The lowest BCUT2D eigenvalue weighted by molar-refractivity contribution is -0.123. The van der Waals surface area contributed by atoms with Gasteiger partial charge in [0, 0.05) is 17.6 Å². The molecule has 0 aliphatic rings. The molecule has 1 amide bonds. The van der Waals surface area contributed by atoms with E-state index < -0.39 is 23.9 Å². The van der Waals surface area contributed by atoms with Gasteiger partial charge < -0.3 is 19.9 Å². The van der Waals surface area contributed by atoms with Crippen molar-refractivity contribution in [3.05, 3.63) is 58.3 Å². The SMILES string of the molecule is N#CC(COc1ccc(Cl)cc1)NCC[C@H](O)CNC(=O)COc1ccc(Cl)c(F)c1. The zero-order valence-corrected chi connectivity index (χ0v) is 18.0. The summed E-state index contributed by atoms with van der Waals surface area (Å²) in [7, 11) is 0. The van der Waals surface area contributed by atoms with Crippen LogP contribution in [0, 0.1) is 17.1 Å². The summed E-state index contributed by atoms with van der Waals surface area (Å²) in [6.07, 6.45) is -0.510. The zero-order valence-electron chi connectivity index (χ0n) is 16.5. The van der Waals surface area contributed by atoms with Crippen molar-refractivity contribution < 1.29 is 23.8 Å². The number of hydrogen-bond donors (Lipinski definition) is 3. The van der Waals surface area contributed by atoms with Crippen molar-refractivity contribution >= 4 is 29.1 Å². The molecule has 0 fully saturated rings. The third-order valence-electron chi connectivity index (χ3n) is 4.05. The molecule has 0 radical (unpaired) electrons. The van der Waals surface area contributed by atoms with Crippen molar-refractivity contribution in [2.45, 2.75) is 18.6 Å². The number of amides is 1. The molecule has 0 aliphatic carbocycles. The second-order valence-electron chi connectivity index (χ2n) is 6.51. The second-order valence-corrected chi connectivity index (χ2v) is 7.36. The fourth-order valence-electron chi connectivity index (χ4n) is 2.38. The van der Waals surface area contributed by atoms with E-state index in [1.807, 2.05) is 0 Å². The standard InChI is InChI=1S/C21H22Cl2FN3O4/c22-14-1-3-17(4-2-14)30-12-15(10-25)26-8-7-16(28)11-27-21(29)13-31-18-5-6-19(23)20(24)9-18/h1-6,9,15-16,26,28H,7-8,11-13H2,(H,27,29)/t15?,16-/m0/s1. The summed E-state index contributed by atoms with van der Waals surface area (Å²) >= 11 is 11.4. The van der Waals surface area contributed by atoms with Gasteiger partial charge in [0.25, 0.3) is 5.91 Å². The smallest absolute Gasteiger partial charge is 0.258 e. The van der Waals surface area contributed by atoms with Gasteiger partial charge in [-0.05, 0) is 49.4 Å². The first kappa shape index (κ1) is 24.7. The van der Waals surface area contributed by atoms with Gasteiger partial charge in [-0.2, -0.15) is 5.26 Å². The summed E-state index contributed by atoms with van der Waals surface area (Å²) < 4.78 is 24.0. The molecule has 10 heteroatoms. The van der Waals surface area contributed by atoms with E-state index in [0.717, 1.165) is 6.07 Å². The van der Waals surface area contributed by atoms with Crippen molar-refractivity contribution in [3.8, 4) is 17.6 Å². The Morgan fingerprint density at radius 2 is 1.87 bits per heavy atom. The topological polar surface area (TPSA) is 104 Å². The number of aliphatic hydroxyl groups excluding tert-OH is 1. The number of nitriles is 1. The Labute approximate surface area is 189 Å². The summed E-state index contributed by atoms with van der Waals surface area (Å²) in [6, 6.07) is 12.2. The number of rotatable bonds is 12. The first-order valence-corrected chi connectivity index (χ1v) is 10.2. The summed E-state index contributed by atoms with van der Waals surface area (Å²) in [5, 5.41) is 25.2. The molecule has 2 atom stereocenters. The van der Waals surface area contributed by atoms with Crippen LogP contribution in [0.25, 0.3) is 0 Å². The van der Waals surface area contributed by atoms with Gasteiger partial charge in [-0.1, -0.05) is 23.2 Å². The number of ether oxygens (including phenoxy) is 2. The molecule has 7 nitrogen and oxygen atoms in total. The molecular formula is C21H22Cl2FN3O4. The number of hydrogen-bond acceptors (Lipinski definition) is 6. The Kier molecular flexibility index (Phi) is 10.3. The predicted molar refractivity (Wildman–Crippen MR) is 115 cm³/mol. The number of nitrogens with zero attached hydrogens (tertiary/aromatic N) is 1. The van der Waals surface area contributed by atoms with Gasteiger partial charge in [0.15, 0.2) is 6.61 Å². The fraction of sp³-hybridized carbons (Fsp3) is 0.333. The first-order chi connectivity index (χ1) is 14.9. The molecule has 2 aromatic carbocycles. The molecule has 0 bridgehead atoms. The fourth-order valence-corrected chi connectivity index (χ4v) is 2.62. The van der Waals surface area contributed by atoms with Gasteiger partial charge in [-0.3, -0.25) is 10.1 Å². The van der Waals surface area contributed by atoms with E-state index in [1.54, 1.807) is 24.3 Å². The predicted octanol–water partition coefficient (Wildman–Crippen LogP) is 2.94. The van der Waals surface area contributed by atoms with Crippen molar-refractivity contribution in [3.63, 3.8) is 0 Å². The molecule has 31 heavy (non-hydrogen) atoms. The van der Waals surface area contributed by atoms with Crippen LogP contribution in [-0.2, 0) is 4.79 Å². The van der Waals surface area contributed by atoms with Crippen molar-refractivity contribution in [1.82, 2.24) is 10.6 Å². The van der Waals surface area contributed by atoms with Gasteiger partial charge in [-0.15, -0.1) is 0 Å². The zero-order chi connectivity index (χ0) is 22.6. The third-order valence-corrected chi connectivity index (χ3v) is 4.61. The van der Waals surface area contributed by atoms with Crippen LogP contribution in [0.1, 0.15) is 6.42 Å². The van der Waals surface area contributed by atoms with E-state index in [9.17, 15) is 19.6 Å². The average Bonchev–Trinajstić information content (AvgIpc) is 2.76. The van der Waals surface area contributed by atoms with Gasteiger partial charge >= 0.3 is 0 Å². The van der Waals surface area contributed by atoms with Crippen LogP contribution in [0.15, 0.2) is 42.5 Å². The van der Waals surface area contributed by atoms with Crippen molar-refractivity contribution in [2.24, 2.45) is 0 Å². The maximum Gasteiger partial charge on any atom is 0.258 e. The quantitative estimate of drug-likeness (QED) is 0.441. The van der Waals surface area contributed by atoms with Crippen LogP contribution in [0.2, 0.25) is 10.0 Å². The van der Waals surface area contributed by atoms with E-state index in [1.165, 1.54) is 12.1 Å². The molecule has 0 spiro atoms. The van der Waals surface area contributed by atoms with Crippen LogP contribution in [-0.4, -0.2) is 49.5 Å². The van der Waals surface area contributed by atoms with Crippen LogP contribution >= 0.6 is 23.2 Å². The molecule has 0 heterocycles. The Balaban J connectivity index is 1.60. The maximum absolute atomic E-state index is 13.3. The van der Waals surface area contributed by atoms with E-state index in [0.29, 0.717) is 23.7 Å². The van der Waals surface area contributed by atoms with Crippen LogP contribution in [0.5, 0.6) is 11.5 Å². The highest BCUT2D eigenvalue weighted by molar-refractivity contribution is 6.30. The molecule has 0 aliphatic heterocycles. The summed E-state index contributed by atoms with van der Waals surface area (Å²) in [4.78, 5) is 11.8. The van der Waals surface area contributed by atoms with Crippen LogP contribution < -0.4 is 20.1 Å². The number of carbonyl (C=O) groups is 1. The average molecular weight is 470 g/mol. The van der Waals surface area contributed by atoms with Gasteiger partial charge in [-0.25, -0.2) is 4.39 Å².